The molecule has 0 fully saturated rings. The Morgan fingerprint density at radius 3 is 2.77 bits per heavy atom. The topological polar surface area (TPSA) is 128 Å². The molecule has 0 bridgehead atoms. The SMILES string of the molecule is COc1ccc(CCNC(=O)Nc2snc(OCc3cccnc3)c2C(N)=O)cc1Br. The second-order valence-corrected chi connectivity index (χ2v) is 7.93. The monoisotopic (exact) mass is 505 g/mol. The summed E-state index contributed by atoms with van der Waals surface area (Å²) in [7, 11) is 1.60. The van der Waals surface area contributed by atoms with E-state index in [0.29, 0.717) is 13.0 Å². The molecule has 0 saturated heterocycles. The van der Waals surface area contributed by atoms with E-state index in [9.17, 15) is 9.59 Å². The fourth-order valence-corrected chi connectivity index (χ4v) is 3.97. The van der Waals surface area contributed by atoms with Gasteiger partial charge in [0.2, 0.25) is 5.88 Å². The first-order valence-corrected chi connectivity index (χ1v) is 10.7. The summed E-state index contributed by atoms with van der Waals surface area (Å²) in [5.74, 6) is 0.0632. The van der Waals surface area contributed by atoms with Crippen LogP contribution >= 0.6 is 27.5 Å². The number of hydrogen-bond donors (Lipinski definition) is 3. The van der Waals surface area contributed by atoms with Crippen molar-refractivity contribution in [3.05, 3.63) is 63.9 Å². The van der Waals surface area contributed by atoms with Gasteiger partial charge in [-0.15, -0.1) is 0 Å². The molecule has 11 heteroatoms. The van der Waals surface area contributed by atoms with Crippen molar-refractivity contribution in [1.29, 1.82) is 0 Å². The van der Waals surface area contributed by atoms with Gasteiger partial charge >= 0.3 is 6.03 Å². The van der Waals surface area contributed by atoms with Crippen LogP contribution in [0.3, 0.4) is 0 Å². The number of carbonyl (C=O) groups is 2. The van der Waals surface area contributed by atoms with Crippen molar-refractivity contribution in [2.24, 2.45) is 5.73 Å². The van der Waals surface area contributed by atoms with Crippen LogP contribution in [0.15, 0.2) is 47.2 Å². The number of urea groups is 1. The molecule has 0 radical (unpaired) electrons. The number of amides is 3. The summed E-state index contributed by atoms with van der Waals surface area (Å²) in [6, 6.07) is 8.83. The third-order valence-electron chi connectivity index (χ3n) is 4.15. The largest absolute Gasteiger partial charge is 0.496 e. The summed E-state index contributed by atoms with van der Waals surface area (Å²) < 4.78 is 15.7. The first-order valence-electron chi connectivity index (χ1n) is 9.16. The van der Waals surface area contributed by atoms with E-state index >= 15 is 0 Å². The van der Waals surface area contributed by atoms with E-state index in [4.69, 9.17) is 15.2 Å². The highest BCUT2D eigenvalue weighted by molar-refractivity contribution is 9.10. The Kier molecular flexibility index (Phi) is 7.79. The smallest absolute Gasteiger partial charge is 0.319 e. The average molecular weight is 506 g/mol. The van der Waals surface area contributed by atoms with E-state index < -0.39 is 11.9 Å². The highest BCUT2D eigenvalue weighted by Crippen LogP contribution is 2.30. The molecule has 9 nitrogen and oxygen atoms in total. The van der Waals surface area contributed by atoms with E-state index in [2.05, 4.69) is 35.9 Å². The standard InChI is InChI=1S/C20H20BrN5O4S/c1-29-15-5-4-12(9-14(15)21)6-8-24-20(28)25-19-16(17(22)27)18(26-31-19)30-11-13-3-2-7-23-10-13/h2-5,7,9-10H,6,8,11H2,1H3,(H2,22,27)(H2,24,25,28). The first kappa shape index (κ1) is 22.5. The van der Waals surface area contributed by atoms with Gasteiger partial charge in [0.05, 0.1) is 11.6 Å². The van der Waals surface area contributed by atoms with Crippen LogP contribution in [0.25, 0.3) is 0 Å². The zero-order chi connectivity index (χ0) is 22.2. The molecule has 0 aliphatic carbocycles. The van der Waals surface area contributed by atoms with Gasteiger partial charge in [0, 0.05) is 24.5 Å². The van der Waals surface area contributed by atoms with Crippen LogP contribution in [-0.2, 0) is 13.0 Å². The predicted octanol–water partition coefficient (Wildman–Crippen LogP) is 3.35. The molecule has 0 aliphatic rings. The number of anilines is 1. The number of methoxy groups -OCH3 is 1. The minimum absolute atomic E-state index is 0.0307. The number of carbonyl (C=O) groups excluding carboxylic acids is 2. The lowest BCUT2D eigenvalue weighted by Crippen LogP contribution is -2.31. The molecule has 0 unspecified atom stereocenters. The molecule has 2 heterocycles. The summed E-state index contributed by atoms with van der Waals surface area (Å²) in [4.78, 5) is 28.1. The predicted molar refractivity (Wildman–Crippen MR) is 121 cm³/mol. The molecule has 0 aliphatic heterocycles. The first-order chi connectivity index (χ1) is 15.0. The van der Waals surface area contributed by atoms with Gasteiger partial charge in [0.1, 0.15) is 22.9 Å². The maximum atomic E-state index is 12.3. The van der Waals surface area contributed by atoms with E-state index in [-0.39, 0.29) is 23.1 Å². The number of benzene rings is 1. The van der Waals surface area contributed by atoms with Gasteiger partial charge in [-0.3, -0.25) is 15.1 Å². The maximum absolute atomic E-state index is 12.3. The van der Waals surface area contributed by atoms with Gasteiger partial charge in [0.15, 0.2) is 0 Å². The number of nitrogens with zero attached hydrogens (tertiary/aromatic N) is 2. The van der Waals surface area contributed by atoms with Crippen LogP contribution in [0.1, 0.15) is 21.5 Å². The Bertz CT molecular complexity index is 1060. The van der Waals surface area contributed by atoms with Crippen LogP contribution in [-0.4, -0.2) is 35.0 Å². The van der Waals surface area contributed by atoms with E-state index in [1.165, 1.54) is 0 Å². The molecule has 2 aromatic heterocycles. The van der Waals surface area contributed by atoms with Crippen molar-refractivity contribution in [2.45, 2.75) is 13.0 Å². The number of nitrogens with one attached hydrogen (secondary N) is 2. The number of ether oxygens (including phenoxy) is 2. The molecule has 3 aromatic rings. The van der Waals surface area contributed by atoms with Crippen molar-refractivity contribution in [1.82, 2.24) is 14.7 Å². The van der Waals surface area contributed by atoms with Gasteiger partial charge in [-0.25, -0.2) is 4.79 Å². The van der Waals surface area contributed by atoms with Gasteiger partial charge in [0.25, 0.3) is 5.91 Å². The molecule has 0 saturated carbocycles. The summed E-state index contributed by atoms with van der Waals surface area (Å²) in [6.45, 7) is 0.556. The average Bonchev–Trinajstić information content (AvgIpc) is 3.15. The summed E-state index contributed by atoms with van der Waals surface area (Å²) in [6.07, 6.45) is 3.90. The van der Waals surface area contributed by atoms with Gasteiger partial charge in [-0.2, -0.15) is 4.37 Å². The van der Waals surface area contributed by atoms with Crippen molar-refractivity contribution < 1.29 is 19.1 Å². The van der Waals surface area contributed by atoms with Crippen molar-refractivity contribution >= 4 is 44.4 Å². The highest BCUT2D eigenvalue weighted by atomic mass is 79.9. The maximum Gasteiger partial charge on any atom is 0.319 e. The number of nitrogens with two attached hydrogens (primary N) is 1. The molecule has 0 spiro atoms. The second kappa shape index (κ2) is 10.7. The number of halogens is 1. The number of pyridine rings is 1. The van der Waals surface area contributed by atoms with Crippen molar-refractivity contribution in [3.8, 4) is 11.6 Å². The highest BCUT2D eigenvalue weighted by Gasteiger charge is 2.22. The summed E-state index contributed by atoms with van der Waals surface area (Å²) in [5.41, 5.74) is 7.33. The zero-order valence-electron chi connectivity index (χ0n) is 16.6. The molecule has 4 N–H and O–H groups in total. The minimum atomic E-state index is -0.742. The molecular formula is C20H20BrN5O4S. The number of aromatic nitrogens is 2. The number of rotatable bonds is 9. The van der Waals surface area contributed by atoms with Crippen LogP contribution in [0.2, 0.25) is 0 Å². The summed E-state index contributed by atoms with van der Waals surface area (Å²) in [5, 5.41) is 5.57. The molecule has 31 heavy (non-hydrogen) atoms. The van der Waals surface area contributed by atoms with Crippen molar-refractivity contribution in [3.63, 3.8) is 0 Å². The van der Waals surface area contributed by atoms with Crippen LogP contribution in [0, 0.1) is 0 Å². The number of hydrogen-bond acceptors (Lipinski definition) is 7. The Balaban J connectivity index is 1.56. The van der Waals surface area contributed by atoms with Crippen LogP contribution in [0.4, 0.5) is 9.80 Å². The van der Waals surface area contributed by atoms with E-state index in [0.717, 1.165) is 32.9 Å². The van der Waals surface area contributed by atoms with Gasteiger partial charge in [-0.1, -0.05) is 12.1 Å². The lowest BCUT2D eigenvalue weighted by molar-refractivity contribution is 0.0996. The van der Waals surface area contributed by atoms with Crippen LogP contribution < -0.4 is 25.8 Å². The molecular weight excluding hydrogens is 486 g/mol. The Labute approximate surface area is 191 Å². The third-order valence-corrected chi connectivity index (χ3v) is 5.51. The Morgan fingerprint density at radius 1 is 1.26 bits per heavy atom. The Morgan fingerprint density at radius 2 is 2.10 bits per heavy atom. The fraction of sp³-hybridized carbons (Fsp3) is 0.200. The third kappa shape index (κ3) is 6.15. The second-order valence-electron chi connectivity index (χ2n) is 6.31. The quantitative estimate of drug-likeness (QED) is 0.408. The lowest BCUT2D eigenvalue weighted by Gasteiger charge is -2.09. The summed E-state index contributed by atoms with van der Waals surface area (Å²) >= 11 is 4.35. The minimum Gasteiger partial charge on any atom is -0.496 e. The normalized spacial score (nSPS) is 10.4. The van der Waals surface area contributed by atoms with E-state index in [1.807, 2.05) is 24.3 Å². The molecule has 1 aromatic carbocycles. The molecule has 162 valence electrons. The van der Waals surface area contributed by atoms with E-state index in [1.54, 1.807) is 25.6 Å². The zero-order valence-corrected chi connectivity index (χ0v) is 19.0. The van der Waals surface area contributed by atoms with Gasteiger partial charge < -0.3 is 20.5 Å². The fourth-order valence-electron chi connectivity index (χ4n) is 2.64. The lowest BCUT2D eigenvalue weighted by atomic mass is 10.1. The van der Waals surface area contributed by atoms with Gasteiger partial charge in [-0.05, 0) is 57.6 Å². The molecule has 0 atom stereocenters. The van der Waals surface area contributed by atoms with Crippen molar-refractivity contribution in [2.75, 3.05) is 19.0 Å². The van der Waals surface area contributed by atoms with Crippen LogP contribution in [0.5, 0.6) is 11.6 Å². The number of primary amides is 1. The molecule has 3 rings (SSSR count). The Hall–Kier alpha value is -3.18. The molecule has 3 amide bonds.